The molecule has 0 aromatic carbocycles. The van der Waals surface area contributed by atoms with Crippen LogP contribution in [0.5, 0.6) is 0 Å². The van der Waals surface area contributed by atoms with Crippen molar-refractivity contribution < 1.29 is 9.32 Å². The predicted molar refractivity (Wildman–Crippen MR) is 81.2 cm³/mol. The average Bonchev–Trinajstić information content (AvgIpc) is 3.08. The third-order valence-electron chi connectivity index (χ3n) is 4.50. The first kappa shape index (κ1) is 14.8. The fourth-order valence-corrected chi connectivity index (χ4v) is 3.07. The number of aryl methyl sites for hydroxylation is 4. The lowest BCUT2D eigenvalue weighted by Gasteiger charge is -2.24. The molecule has 0 saturated heterocycles. The zero-order valence-corrected chi connectivity index (χ0v) is 13.3. The topological polar surface area (TPSA) is 73.0 Å². The summed E-state index contributed by atoms with van der Waals surface area (Å²) >= 11 is 0. The van der Waals surface area contributed by atoms with Gasteiger partial charge in [-0.15, -0.1) is 0 Å². The Bertz CT molecular complexity index is 686. The lowest BCUT2D eigenvalue weighted by molar-refractivity contribution is -0.126. The Labute approximate surface area is 129 Å². The van der Waals surface area contributed by atoms with E-state index in [1.165, 1.54) is 5.69 Å². The van der Waals surface area contributed by atoms with E-state index in [0.29, 0.717) is 6.54 Å². The van der Waals surface area contributed by atoms with E-state index in [0.717, 1.165) is 48.6 Å². The second kappa shape index (κ2) is 5.94. The predicted octanol–water partition coefficient (Wildman–Crippen LogP) is 1.93. The Morgan fingerprint density at radius 2 is 2.32 bits per heavy atom. The fraction of sp³-hybridized carbons (Fsp3) is 0.562. The van der Waals surface area contributed by atoms with Gasteiger partial charge in [-0.05, 0) is 33.1 Å². The van der Waals surface area contributed by atoms with Crippen LogP contribution in [-0.2, 0) is 30.7 Å². The third kappa shape index (κ3) is 2.65. The van der Waals surface area contributed by atoms with Gasteiger partial charge in [0.1, 0.15) is 11.6 Å². The maximum atomic E-state index is 12.5. The molecule has 2 aromatic rings. The second-order valence-electron chi connectivity index (χ2n) is 5.88. The number of amides is 1. The van der Waals surface area contributed by atoms with E-state index >= 15 is 0 Å². The van der Waals surface area contributed by atoms with Crippen LogP contribution in [0.2, 0.25) is 0 Å². The van der Waals surface area contributed by atoms with Gasteiger partial charge in [0.2, 0.25) is 5.91 Å². The first-order chi connectivity index (χ1) is 10.6. The molecule has 1 aliphatic rings. The van der Waals surface area contributed by atoms with Gasteiger partial charge in [0.05, 0.1) is 11.6 Å². The standard InChI is InChI=1S/C16H22N4O2/c1-4-15-14(10(2)22-19-15)8-18-16(21)12-5-6-13-7-17-11(3)20(13)9-12/h7,12H,4-6,8-9H2,1-3H3,(H,18,21). The van der Waals surface area contributed by atoms with E-state index in [1.807, 2.05) is 27.0 Å². The van der Waals surface area contributed by atoms with Crippen LogP contribution in [0.3, 0.4) is 0 Å². The van der Waals surface area contributed by atoms with Crippen molar-refractivity contribution in [2.24, 2.45) is 5.92 Å². The van der Waals surface area contributed by atoms with Crippen molar-refractivity contribution in [3.8, 4) is 0 Å². The van der Waals surface area contributed by atoms with Crippen LogP contribution in [0, 0.1) is 19.8 Å². The van der Waals surface area contributed by atoms with Crippen LogP contribution < -0.4 is 5.32 Å². The Hall–Kier alpha value is -2.11. The normalized spacial score (nSPS) is 17.3. The lowest BCUT2D eigenvalue weighted by Crippen LogP contribution is -2.36. The highest BCUT2D eigenvalue weighted by Crippen LogP contribution is 2.22. The van der Waals surface area contributed by atoms with E-state index in [1.54, 1.807) is 0 Å². The van der Waals surface area contributed by atoms with Gasteiger partial charge in [0.15, 0.2) is 0 Å². The smallest absolute Gasteiger partial charge is 0.225 e. The van der Waals surface area contributed by atoms with E-state index in [-0.39, 0.29) is 11.8 Å². The number of nitrogens with one attached hydrogen (secondary N) is 1. The SMILES string of the molecule is CCc1noc(C)c1CNC(=O)C1CCc2cnc(C)n2C1. The number of fused-ring (bicyclic) bond motifs is 1. The molecule has 3 rings (SSSR count). The number of carbonyl (C=O) groups is 1. The molecule has 0 saturated carbocycles. The molecular formula is C16H22N4O2. The molecule has 0 bridgehead atoms. The van der Waals surface area contributed by atoms with Crippen LogP contribution >= 0.6 is 0 Å². The van der Waals surface area contributed by atoms with Crippen LogP contribution in [-0.4, -0.2) is 20.6 Å². The Balaban J connectivity index is 1.63. The number of aromatic nitrogens is 3. The summed E-state index contributed by atoms with van der Waals surface area (Å²) in [7, 11) is 0. The van der Waals surface area contributed by atoms with Crippen molar-refractivity contribution in [1.29, 1.82) is 0 Å². The number of imidazole rings is 1. The molecule has 118 valence electrons. The van der Waals surface area contributed by atoms with Crippen LogP contribution in [0.15, 0.2) is 10.7 Å². The summed E-state index contributed by atoms with van der Waals surface area (Å²) in [6.45, 7) is 7.11. The van der Waals surface area contributed by atoms with Gasteiger partial charge in [-0.1, -0.05) is 12.1 Å². The maximum absolute atomic E-state index is 12.5. The molecule has 22 heavy (non-hydrogen) atoms. The largest absolute Gasteiger partial charge is 0.361 e. The summed E-state index contributed by atoms with van der Waals surface area (Å²) in [6, 6.07) is 0. The highest BCUT2D eigenvalue weighted by molar-refractivity contribution is 5.78. The molecule has 1 amide bonds. The summed E-state index contributed by atoms with van der Waals surface area (Å²) in [5, 5.41) is 7.06. The molecule has 0 spiro atoms. The van der Waals surface area contributed by atoms with Gasteiger partial charge < -0.3 is 14.4 Å². The number of rotatable bonds is 4. The van der Waals surface area contributed by atoms with Crippen LogP contribution in [0.25, 0.3) is 0 Å². The van der Waals surface area contributed by atoms with Gasteiger partial charge in [0, 0.05) is 30.5 Å². The molecule has 0 aliphatic carbocycles. The second-order valence-corrected chi connectivity index (χ2v) is 5.88. The Morgan fingerprint density at radius 3 is 3.09 bits per heavy atom. The highest BCUT2D eigenvalue weighted by Gasteiger charge is 2.26. The monoisotopic (exact) mass is 302 g/mol. The first-order valence-electron chi connectivity index (χ1n) is 7.82. The van der Waals surface area contributed by atoms with Crippen molar-refractivity contribution in [2.45, 2.75) is 53.1 Å². The number of hydrogen-bond donors (Lipinski definition) is 1. The van der Waals surface area contributed by atoms with Crippen molar-refractivity contribution in [3.05, 3.63) is 34.7 Å². The molecule has 2 aromatic heterocycles. The highest BCUT2D eigenvalue weighted by atomic mass is 16.5. The minimum atomic E-state index is 0.00522. The molecule has 1 unspecified atom stereocenters. The molecule has 1 atom stereocenters. The van der Waals surface area contributed by atoms with Crippen molar-refractivity contribution in [1.82, 2.24) is 20.0 Å². The van der Waals surface area contributed by atoms with Crippen molar-refractivity contribution in [3.63, 3.8) is 0 Å². The zero-order valence-electron chi connectivity index (χ0n) is 13.3. The minimum Gasteiger partial charge on any atom is -0.361 e. The van der Waals surface area contributed by atoms with Gasteiger partial charge in [-0.25, -0.2) is 4.98 Å². The van der Waals surface area contributed by atoms with E-state index in [2.05, 4.69) is 20.0 Å². The van der Waals surface area contributed by atoms with E-state index < -0.39 is 0 Å². The third-order valence-corrected chi connectivity index (χ3v) is 4.50. The fourth-order valence-electron chi connectivity index (χ4n) is 3.07. The molecule has 1 N–H and O–H groups in total. The molecule has 6 heteroatoms. The van der Waals surface area contributed by atoms with Crippen LogP contribution in [0.1, 0.15) is 41.9 Å². The lowest BCUT2D eigenvalue weighted by atomic mass is 9.97. The first-order valence-corrected chi connectivity index (χ1v) is 7.82. The number of hydrogen-bond acceptors (Lipinski definition) is 4. The minimum absolute atomic E-state index is 0.00522. The summed E-state index contributed by atoms with van der Waals surface area (Å²) in [4.78, 5) is 16.8. The summed E-state index contributed by atoms with van der Waals surface area (Å²) < 4.78 is 7.35. The van der Waals surface area contributed by atoms with Gasteiger partial charge in [0.25, 0.3) is 0 Å². The molecule has 0 fully saturated rings. The number of carbonyl (C=O) groups excluding carboxylic acids is 1. The summed E-state index contributed by atoms with van der Waals surface area (Å²) in [6.07, 6.45) is 4.51. The molecule has 3 heterocycles. The summed E-state index contributed by atoms with van der Waals surface area (Å²) in [5.41, 5.74) is 3.16. The van der Waals surface area contributed by atoms with E-state index in [4.69, 9.17) is 4.52 Å². The number of nitrogens with zero attached hydrogens (tertiary/aromatic N) is 3. The molecular weight excluding hydrogens is 280 g/mol. The van der Waals surface area contributed by atoms with Gasteiger partial charge in [-0.3, -0.25) is 4.79 Å². The Kier molecular flexibility index (Phi) is 4.00. The van der Waals surface area contributed by atoms with Crippen molar-refractivity contribution in [2.75, 3.05) is 0 Å². The molecule has 6 nitrogen and oxygen atoms in total. The zero-order chi connectivity index (χ0) is 15.7. The molecule has 1 aliphatic heterocycles. The van der Waals surface area contributed by atoms with E-state index in [9.17, 15) is 4.79 Å². The van der Waals surface area contributed by atoms with Crippen LogP contribution in [0.4, 0.5) is 0 Å². The molecule has 0 radical (unpaired) electrons. The Morgan fingerprint density at radius 1 is 1.50 bits per heavy atom. The van der Waals surface area contributed by atoms with Gasteiger partial charge >= 0.3 is 0 Å². The average molecular weight is 302 g/mol. The maximum Gasteiger partial charge on any atom is 0.225 e. The van der Waals surface area contributed by atoms with Crippen molar-refractivity contribution >= 4 is 5.91 Å². The van der Waals surface area contributed by atoms with Gasteiger partial charge in [-0.2, -0.15) is 0 Å². The summed E-state index contributed by atoms with van der Waals surface area (Å²) in [5.74, 6) is 1.87. The quantitative estimate of drug-likeness (QED) is 0.936.